The van der Waals surface area contributed by atoms with Crippen LogP contribution in [0.25, 0.3) is 0 Å². The van der Waals surface area contributed by atoms with Gasteiger partial charge < -0.3 is 18.9 Å². The van der Waals surface area contributed by atoms with Crippen molar-refractivity contribution in [3.05, 3.63) is 52.8 Å². The first-order valence-corrected chi connectivity index (χ1v) is 10.6. The van der Waals surface area contributed by atoms with E-state index in [1.807, 2.05) is 48.7 Å². The number of ketones is 1. The van der Waals surface area contributed by atoms with Crippen molar-refractivity contribution in [1.82, 2.24) is 4.57 Å². The van der Waals surface area contributed by atoms with Crippen LogP contribution in [-0.2, 0) is 32.0 Å². The number of nitrogens with zero attached hydrogens (tertiary/aromatic N) is 2. The second kappa shape index (κ2) is 9.92. The number of methoxy groups -OCH3 is 1. The van der Waals surface area contributed by atoms with E-state index in [0.717, 1.165) is 23.5 Å². The second-order valence-corrected chi connectivity index (χ2v) is 7.89. The zero-order valence-electron chi connectivity index (χ0n) is 18.6. The fourth-order valence-electron chi connectivity index (χ4n) is 3.97. The summed E-state index contributed by atoms with van der Waals surface area (Å²) in [5.74, 6) is -1.44. The number of carbonyl (C=O) groups is 3. The molecule has 1 atom stereocenters. The normalized spacial score (nSPS) is 16.1. The molecule has 0 N–H and O–H groups in total. The summed E-state index contributed by atoms with van der Waals surface area (Å²) in [7, 11) is 1.63. The average molecular weight is 427 g/mol. The Bertz CT molecular complexity index is 961. The molecule has 7 heteroatoms. The summed E-state index contributed by atoms with van der Waals surface area (Å²) in [5.41, 5.74) is 4.29. The number of esters is 1. The number of amides is 1. The lowest BCUT2D eigenvalue weighted by Crippen LogP contribution is -2.27. The van der Waals surface area contributed by atoms with E-state index in [1.165, 1.54) is 5.56 Å². The Morgan fingerprint density at radius 1 is 1.16 bits per heavy atom. The fraction of sp³-hybridized carbons (Fsp3) is 0.458. The maximum Gasteiger partial charge on any atom is 0.311 e. The molecule has 0 bridgehead atoms. The SMILES string of the molecule is CCc1ccc(N2C[C@@H](C(=O)OCC(=O)c3cc(C)n(CCOC)c3C)CC2=O)cc1. The van der Waals surface area contributed by atoms with Crippen LogP contribution in [0.15, 0.2) is 30.3 Å². The molecule has 3 rings (SSSR count). The zero-order valence-corrected chi connectivity index (χ0v) is 18.6. The molecule has 1 amide bonds. The predicted octanol–water partition coefficient (Wildman–Crippen LogP) is 3.09. The molecule has 1 aromatic carbocycles. The topological polar surface area (TPSA) is 77.8 Å². The van der Waals surface area contributed by atoms with Crippen molar-refractivity contribution in [3.63, 3.8) is 0 Å². The van der Waals surface area contributed by atoms with E-state index in [9.17, 15) is 14.4 Å². The number of aryl methyl sites for hydroxylation is 2. The highest BCUT2D eigenvalue weighted by molar-refractivity contribution is 6.01. The minimum absolute atomic E-state index is 0.0914. The molecule has 7 nitrogen and oxygen atoms in total. The summed E-state index contributed by atoms with van der Waals surface area (Å²) in [6, 6.07) is 9.56. The number of benzene rings is 1. The van der Waals surface area contributed by atoms with E-state index < -0.39 is 11.9 Å². The van der Waals surface area contributed by atoms with Crippen molar-refractivity contribution >= 4 is 23.3 Å². The first kappa shape index (κ1) is 22.7. The monoisotopic (exact) mass is 426 g/mol. The number of rotatable bonds is 9. The summed E-state index contributed by atoms with van der Waals surface area (Å²) >= 11 is 0. The summed E-state index contributed by atoms with van der Waals surface area (Å²) in [4.78, 5) is 39.2. The molecule has 0 radical (unpaired) electrons. The predicted molar refractivity (Wildman–Crippen MR) is 117 cm³/mol. The molecule has 1 aliphatic heterocycles. The minimum Gasteiger partial charge on any atom is -0.457 e. The summed E-state index contributed by atoms with van der Waals surface area (Å²) < 4.78 is 12.4. The van der Waals surface area contributed by atoms with Crippen LogP contribution in [0, 0.1) is 19.8 Å². The Morgan fingerprint density at radius 2 is 1.87 bits per heavy atom. The lowest BCUT2D eigenvalue weighted by molar-refractivity contribution is -0.147. The van der Waals surface area contributed by atoms with Gasteiger partial charge in [0.1, 0.15) is 0 Å². The van der Waals surface area contributed by atoms with Gasteiger partial charge in [-0.25, -0.2) is 0 Å². The molecule has 0 spiro atoms. The van der Waals surface area contributed by atoms with Crippen molar-refractivity contribution in [3.8, 4) is 0 Å². The highest BCUT2D eigenvalue weighted by atomic mass is 16.5. The van der Waals surface area contributed by atoms with E-state index in [1.54, 1.807) is 12.0 Å². The number of ether oxygens (including phenoxy) is 2. The Morgan fingerprint density at radius 3 is 2.52 bits per heavy atom. The van der Waals surface area contributed by atoms with Crippen LogP contribution < -0.4 is 4.90 Å². The number of carbonyl (C=O) groups excluding carboxylic acids is 3. The van der Waals surface area contributed by atoms with Gasteiger partial charge in [0.15, 0.2) is 6.61 Å². The van der Waals surface area contributed by atoms with Gasteiger partial charge in [0.2, 0.25) is 11.7 Å². The second-order valence-electron chi connectivity index (χ2n) is 7.89. The zero-order chi connectivity index (χ0) is 22.5. The standard InChI is InChI=1S/C24H30N2O5/c1-5-18-6-8-20(9-7-18)26-14-19(13-23(26)28)24(29)31-15-22(27)21-12-16(2)25(17(21)3)10-11-30-4/h6-9,12,19H,5,10-11,13-15H2,1-4H3/t19-/m0/s1. The molecule has 1 aliphatic rings. The molecule has 2 heterocycles. The quantitative estimate of drug-likeness (QED) is 0.455. The lowest BCUT2D eigenvalue weighted by Gasteiger charge is -2.17. The fourth-order valence-corrected chi connectivity index (χ4v) is 3.97. The smallest absolute Gasteiger partial charge is 0.311 e. The number of aromatic nitrogens is 1. The molecule has 2 aromatic rings. The van der Waals surface area contributed by atoms with Gasteiger partial charge in [-0.15, -0.1) is 0 Å². The molecule has 0 saturated carbocycles. The van der Waals surface area contributed by atoms with Gasteiger partial charge in [0.25, 0.3) is 0 Å². The van der Waals surface area contributed by atoms with Gasteiger partial charge in [-0.3, -0.25) is 14.4 Å². The Hall–Kier alpha value is -2.93. The van der Waals surface area contributed by atoms with Gasteiger partial charge in [0.05, 0.1) is 12.5 Å². The van der Waals surface area contributed by atoms with Crippen LogP contribution in [0.2, 0.25) is 0 Å². The summed E-state index contributed by atoms with van der Waals surface area (Å²) in [6.45, 7) is 7.01. The third kappa shape index (κ3) is 5.05. The van der Waals surface area contributed by atoms with Crippen molar-refractivity contribution < 1.29 is 23.9 Å². The number of anilines is 1. The first-order valence-electron chi connectivity index (χ1n) is 10.6. The number of Topliss-reactive ketones (excluding diaryl/α,β-unsaturated/α-hetero) is 1. The van der Waals surface area contributed by atoms with Crippen molar-refractivity contribution in [2.75, 3.05) is 31.8 Å². The Balaban J connectivity index is 1.58. The third-order valence-electron chi connectivity index (χ3n) is 5.85. The molecule has 1 saturated heterocycles. The van der Waals surface area contributed by atoms with Crippen LogP contribution in [-0.4, -0.2) is 49.1 Å². The molecule has 0 unspecified atom stereocenters. The Labute approximate surface area is 182 Å². The van der Waals surface area contributed by atoms with E-state index in [2.05, 4.69) is 6.92 Å². The molecule has 1 aromatic heterocycles. The van der Waals surface area contributed by atoms with E-state index in [-0.39, 0.29) is 31.3 Å². The molecular formula is C24H30N2O5. The minimum atomic E-state index is -0.569. The molecule has 31 heavy (non-hydrogen) atoms. The maximum absolute atomic E-state index is 12.6. The lowest BCUT2D eigenvalue weighted by atomic mass is 10.1. The third-order valence-corrected chi connectivity index (χ3v) is 5.85. The maximum atomic E-state index is 12.6. The highest BCUT2D eigenvalue weighted by Crippen LogP contribution is 2.26. The van der Waals surface area contributed by atoms with Gasteiger partial charge >= 0.3 is 5.97 Å². The summed E-state index contributed by atoms with van der Waals surface area (Å²) in [5, 5.41) is 0. The van der Waals surface area contributed by atoms with E-state index >= 15 is 0 Å². The van der Waals surface area contributed by atoms with Crippen LogP contribution in [0.4, 0.5) is 5.69 Å². The van der Waals surface area contributed by atoms with Crippen LogP contribution in [0.1, 0.15) is 40.7 Å². The van der Waals surface area contributed by atoms with Crippen molar-refractivity contribution in [1.29, 1.82) is 0 Å². The summed E-state index contributed by atoms with van der Waals surface area (Å²) in [6.07, 6.45) is 1.01. The molecule has 166 valence electrons. The van der Waals surface area contributed by atoms with Gasteiger partial charge in [-0.2, -0.15) is 0 Å². The molecule has 1 fully saturated rings. The Kier molecular flexibility index (Phi) is 7.28. The van der Waals surface area contributed by atoms with E-state index in [0.29, 0.717) is 18.7 Å². The average Bonchev–Trinajstić information content (AvgIpc) is 3.29. The van der Waals surface area contributed by atoms with Crippen molar-refractivity contribution in [2.45, 2.75) is 40.2 Å². The van der Waals surface area contributed by atoms with Crippen LogP contribution >= 0.6 is 0 Å². The number of hydrogen-bond donors (Lipinski definition) is 0. The van der Waals surface area contributed by atoms with Gasteiger partial charge in [-0.1, -0.05) is 19.1 Å². The molecule has 0 aliphatic carbocycles. The van der Waals surface area contributed by atoms with Crippen molar-refractivity contribution in [2.24, 2.45) is 5.92 Å². The van der Waals surface area contributed by atoms with Gasteiger partial charge in [-0.05, 0) is 44.0 Å². The number of hydrogen-bond acceptors (Lipinski definition) is 5. The van der Waals surface area contributed by atoms with Crippen LogP contribution in [0.5, 0.6) is 0 Å². The van der Waals surface area contributed by atoms with Crippen LogP contribution in [0.3, 0.4) is 0 Å². The molecular weight excluding hydrogens is 396 g/mol. The highest BCUT2D eigenvalue weighted by Gasteiger charge is 2.36. The largest absolute Gasteiger partial charge is 0.457 e. The van der Waals surface area contributed by atoms with E-state index in [4.69, 9.17) is 9.47 Å². The first-order chi connectivity index (χ1) is 14.8. The van der Waals surface area contributed by atoms with Gasteiger partial charge in [0, 0.05) is 49.3 Å².